The molecule has 1 atom stereocenters. The molecule has 0 aliphatic heterocycles. The van der Waals surface area contributed by atoms with E-state index in [0.29, 0.717) is 17.2 Å². The van der Waals surface area contributed by atoms with E-state index in [-0.39, 0.29) is 0 Å². The molecule has 0 radical (unpaired) electrons. The van der Waals surface area contributed by atoms with Crippen molar-refractivity contribution in [3.05, 3.63) is 10.0 Å². The van der Waals surface area contributed by atoms with Crippen molar-refractivity contribution in [1.29, 1.82) is 0 Å². The topological polar surface area (TPSA) is 25.8 Å². The standard InChI is InChI=1S/C12H19ClN2S/c1-12(2)7-3-5-9(12)11-15-14-10(16-11)6-4-8-13/h9H,3-8H2,1-2H3. The summed E-state index contributed by atoms with van der Waals surface area (Å²) in [5.74, 6) is 1.33. The van der Waals surface area contributed by atoms with Gasteiger partial charge in [0, 0.05) is 18.2 Å². The van der Waals surface area contributed by atoms with E-state index in [1.165, 1.54) is 24.3 Å². The molecule has 2 nitrogen and oxygen atoms in total. The third-order valence-electron chi connectivity index (χ3n) is 3.56. The maximum absolute atomic E-state index is 5.69. The van der Waals surface area contributed by atoms with Gasteiger partial charge >= 0.3 is 0 Å². The highest BCUT2D eigenvalue weighted by atomic mass is 35.5. The normalized spacial score (nSPS) is 23.8. The fraction of sp³-hybridized carbons (Fsp3) is 0.833. The first kappa shape index (κ1) is 12.3. The van der Waals surface area contributed by atoms with Crippen LogP contribution in [-0.4, -0.2) is 16.1 Å². The molecule has 16 heavy (non-hydrogen) atoms. The molecule has 1 fully saturated rings. The van der Waals surface area contributed by atoms with Gasteiger partial charge in [0.25, 0.3) is 0 Å². The summed E-state index contributed by atoms with van der Waals surface area (Å²) in [6, 6.07) is 0. The van der Waals surface area contributed by atoms with Crippen LogP contribution in [0.5, 0.6) is 0 Å². The Balaban J connectivity index is 2.06. The van der Waals surface area contributed by atoms with Crippen LogP contribution in [0.3, 0.4) is 0 Å². The van der Waals surface area contributed by atoms with Crippen LogP contribution >= 0.6 is 22.9 Å². The number of nitrogens with zero attached hydrogens (tertiary/aromatic N) is 2. The van der Waals surface area contributed by atoms with E-state index in [4.69, 9.17) is 11.6 Å². The zero-order valence-electron chi connectivity index (χ0n) is 10.0. The first-order chi connectivity index (χ1) is 7.63. The largest absolute Gasteiger partial charge is 0.144 e. The number of aryl methyl sites for hydroxylation is 1. The first-order valence-corrected chi connectivity index (χ1v) is 7.37. The summed E-state index contributed by atoms with van der Waals surface area (Å²) < 4.78 is 0. The van der Waals surface area contributed by atoms with E-state index in [9.17, 15) is 0 Å². The molecule has 1 aliphatic rings. The monoisotopic (exact) mass is 258 g/mol. The van der Waals surface area contributed by atoms with E-state index < -0.39 is 0 Å². The lowest BCUT2D eigenvalue weighted by Gasteiger charge is -2.24. The van der Waals surface area contributed by atoms with Crippen molar-refractivity contribution < 1.29 is 0 Å². The molecule has 90 valence electrons. The zero-order chi connectivity index (χ0) is 11.6. The van der Waals surface area contributed by atoms with Crippen LogP contribution in [0, 0.1) is 5.41 Å². The number of rotatable bonds is 4. The molecule has 1 aliphatic carbocycles. The Kier molecular flexibility index (Phi) is 3.85. The molecule has 1 heterocycles. The first-order valence-electron chi connectivity index (χ1n) is 6.02. The van der Waals surface area contributed by atoms with Crippen LogP contribution in [0.15, 0.2) is 0 Å². The van der Waals surface area contributed by atoms with Crippen LogP contribution in [0.1, 0.15) is 55.5 Å². The molecular weight excluding hydrogens is 240 g/mol. The average molecular weight is 259 g/mol. The van der Waals surface area contributed by atoms with E-state index in [1.807, 2.05) is 0 Å². The van der Waals surface area contributed by atoms with Gasteiger partial charge in [-0.15, -0.1) is 33.1 Å². The minimum absolute atomic E-state index is 0.406. The van der Waals surface area contributed by atoms with Crippen LogP contribution in [0.25, 0.3) is 0 Å². The average Bonchev–Trinajstić information content (AvgIpc) is 2.81. The van der Waals surface area contributed by atoms with Crippen LogP contribution < -0.4 is 0 Å². The highest BCUT2D eigenvalue weighted by Gasteiger charge is 2.37. The van der Waals surface area contributed by atoms with Gasteiger partial charge in [0.2, 0.25) is 0 Å². The smallest absolute Gasteiger partial charge is 0.121 e. The number of hydrogen-bond donors (Lipinski definition) is 0. The number of alkyl halides is 1. The minimum Gasteiger partial charge on any atom is -0.144 e. The van der Waals surface area contributed by atoms with E-state index in [1.54, 1.807) is 11.3 Å². The predicted octanol–water partition coefficient (Wildman–Crippen LogP) is 4.00. The summed E-state index contributed by atoms with van der Waals surface area (Å²) in [6.07, 6.45) is 5.90. The Bertz CT molecular complexity index is 349. The number of halogens is 1. The van der Waals surface area contributed by atoms with E-state index in [2.05, 4.69) is 24.0 Å². The van der Waals surface area contributed by atoms with E-state index in [0.717, 1.165) is 17.8 Å². The molecule has 1 saturated carbocycles. The van der Waals surface area contributed by atoms with Crippen molar-refractivity contribution in [2.45, 2.75) is 51.9 Å². The molecule has 0 bridgehead atoms. The molecule has 1 aromatic rings. The third-order valence-corrected chi connectivity index (χ3v) is 4.93. The second-order valence-corrected chi connectivity index (χ2v) is 6.73. The Hall–Kier alpha value is -0.150. The molecule has 0 N–H and O–H groups in total. The van der Waals surface area contributed by atoms with Gasteiger partial charge in [-0.3, -0.25) is 0 Å². The summed E-state index contributed by atoms with van der Waals surface area (Å²) in [7, 11) is 0. The van der Waals surface area contributed by atoms with Crippen molar-refractivity contribution in [2.24, 2.45) is 5.41 Å². The lowest BCUT2D eigenvalue weighted by atomic mass is 9.82. The van der Waals surface area contributed by atoms with Crippen molar-refractivity contribution >= 4 is 22.9 Å². The maximum Gasteiger partial charge on any atom is 0.121 e. The highest BCUT2D eigenvalue weighted by Crippen LogP contribution is 2.49. The maximum atomic E-state index is 5.69. The molecule has 0 spiro atoms. The lowest BCUT2D eigenvalue weighted by Crippen LogP contribution is -2.15. The van der Waals surface area contributed by atoms with Gasteiger partial charge < -0.3 is 0 Å². The second kappa shape index (κ2) is 5.01. The Morgan fingerprint density at radius 1 is 1.44 bits per heavy atom. The van der Waals surface area contributed by atoms with Crippen LogP contribution in [0.2, 0.25) is 0 Å². The number of aromatic nitrogens is 2. The lowest BCUT2D eigenvalue weighted by molar-refractivity contribution is 0.330. The molecule has 2 rings (SSSR count). The summed E-state index contributed by atoms with van der Waals surface area (Å²) in [5, 5.41) is 11.0. The van der Waals surface area contributed by atoms with Crippen molar-refractivity contribution in [1.82, 2.24) is 10.2 Å². The van der Waals surface area contributed by atoms with Crippen LogP contribution in [-0.2, 0) is 6.42 Å². The quantitative estimate of drug-likeness (QED) is 0.763. The highest BCUT2D eigenvalue weighted by molar-refractivity contribution is 7.11. The molecular formula is C12H19ClN2S. The number of hydrogen-bond acceptors (Lipinski definition) is 3. The molecule has 0 saturated heterocycles. The van der Waals surface area contributed by atoms with Gasteiger partial charge in [-0.1, -0.05) is 20.3 Å². The molecule has 1 aromatic heterocycles. The molecule has 0 aromatic carbocycles. The predicted molar refractivity (Wildman–Crippen MR) is 69.3 cm³/mol. The zero-order valence-corrected chi connectivity index (χ0v) is 11.6. The van der Waals surface area contributed by atoms with Gasteiger partial charge in [0.15, 0.2) is 0 Å². The fourth-order valence-electron chi connectivity index (χ4n) is 2.51. The van der Waals surface area contributed by atoms with Gasteiger partial charge in [0.1, 0.15) is 10.0 Å². The fourth-order valence-corrected chi connectivity index (χ4v) is 3.87. The van der Waals surface area contributed by atoms with Crippen molar-refractivity contribution in [3.63, 3.8) is 0 Å². The van der Waals surface area contributed by atoms with Gasteiger partial charge in [0.05, 0.1) is 0 Å². The van der Waals surface area contributed by atoms with Gasteiger partial charge in [-0.2, -0.15) is 0 Å². The van der Waals surface area contributed by atoms with Crippen molar-refractivity contribution in [2.75, 3.05) is 5.88 Å². The molecule has 4 heteroatoms. The molecule has 1 unspecified atom stereocenters. The van der Waals surface area contributed by atoms with Gasteiger partial charge in [-0.05, 0) is 24.7 Å². The SMILES string of the molecule is CC1(C)CCCC1c1nnc(CCCCl)s1. The summed E-state index contributed by atoms with van der Waals surface area (Å²) >= 11 is 7.48. The summed E-state index contributed by atoms with van der Waals surface area (Å²) in [5.41, 5.74) is 0.406. The third kappa shape index (κ3) is 2.57. The summed E-state index contributed by atoms with van der Waals surface area (Å²) in [6.45, 7) is 4.70. The van der Waals surface area contributed by atoms with Gasteiger partial charge in [-0.25, -0.2) is 0 Å². The van der Waals surface area contributed by atoms with Crippen LogP contribution in [0.4, 0.5) is 0 Å². The molecule has 0 amide bonds. The Morgan fingerprint density at radius 2 is 2.25 bits per heavy atom. The summed E-state index contributed by atoms with van der Waals surface area (Å²) in [4.78, 5) is 0. The second-order valence-electron chi connectivity index (χ2n) is 5.26. The van der Waals surface area contributed by atoms with E-state index >= 15 is 0 Å². The van der Waals surface area contributed by atoms with Crippen molar-refractivity contribution in [3.8, 4) is 0 Å². The Labute approximate surface area is 106 Å². The minimum atomic E-state index is 0.406. The Morgan fingerprint density at radius 3 is 2.88 bits per heavy atom.